The number of nitrogens with one attached hydrogen (secondary N) is 2. The molecule has 8 nitrogen and oxygen atoms in total. The van der Waals surface area contributed by atoms with Gasteiger partial charge in [0, 0.05) is 12.6 Å². The van der Waals surface area contributed by atoms with Gasteiger partial charge < -0.3 is 10.6 Å². The smallest absolute Gasteiger partial charge is 0.270 e. The Kier molecular flexibility index (Phi) is 5.87. The maximum Gasteiger partial charge on any atom is 0.270 e. The Morgan fingerprint density at radius 3 is 2.72 bits per heavy atom. The Bertz CT molecular complexity index is 1290. The summed E-state index contributed by atoms with van der Waals surface area (Å²) < 4.78 is 0. The Balaban J connectivity index is 1.42. The summed E-state index contributed by atoms with van der Waals surface area (Å²) in [7, 11) is 0. The van der Waals surface area contributed by atoms with Crippen molar-refractivity contribution in [3.63, 3.8) is 0 Å². The van der Waals surface area contributed by atoms with Gasteiger partial charge >= 0.3 is 0 Å². The van der Waals surface area contributed by atoms with Gasteiger partial charge in [-0.3, -0.25) is 9.59 Å². The molecular formula is C24H18N6O2. The molecule has 32 heavy (non-hydrogen) atoms. The molecule has 0 radical (unpaired) electrons. The molecule has 156 valence electrons. The molecule has 1 atom stereocenters. The van der Waals surface area contributed by atoms with E-state index in [2.05, 4.69) is 31.5 Å². The second-order valence-corrected chi connectivity index (χ2v) is 7.34. The summed E-state index contributed by atoms with van der Waals surface area (Å²) in [5.41, 5.74) is 4.11. The normalized spacial score (nSPS) is 14.0. The molecule has 1 aromatic heterocycles. The van der Waals surface area contributed by atoms with E-state index in [1.54, 1.807) is 24.3 Å². The summed E-state index contributed by atoms with van der Waals surface area (Å²) >= 11 is 0. The highest BCUT2D eigenvalue weighted by Crippen LogP contribution is 2.31. The Hall–Kier alpha value is -4.56. The van der Waals surface area contributed by atoms with E-state index >= 15 is 0 Å². The van der Waals surface area contributed by atoms with Gasteiger partial charge in [-0.05, 0) is 41.7 Å². The van der Waals surface area contributed by atoms with Gasteiger partial charge in [0.25, 0.3) is 11.8 Å². The second kappa shape index (κ2) is 9.07. The molecule has 0 fully saturated rings. The molecule has 2 aromatic carbocycles. The van der Waals surface area contributed by atoms with Gasteiger partial charge in [0.15, 0.2) is 5.69 Å². The van der Waals surface area contributed by atoms with Crippen molar-refractivity contribution in [2.24, 2.45) is 0 Å². The van der Waals surface area contributed by atoms with E-state index in [4.69, 9.17) is 11.8 Å². The van der Waals surface area contributed by atoms with Gasteiger partial charge in [-0.1, -0.05) is 30.3 Å². The van der Waals surface area contributed by atoms with Crippen molar-refractivity contribution in [3.05, 3.63) is 99.9 Å². The molecule has 0 aliphatic heterocycles. The number of carbonyl (C=O) groups is 2. The van der Waals surface area contributed by atoms with Crippen LogP contribution in [-0.4, -0.2) is 21.8 Å². The molecule has 1 aliphatic carbocycles. The van der Waals surface area contributed by atoms with Crippen LogP contribution in [0.5, 0.6) is 0 Å². The standard InChI is InChI=1S/C24H18N6O2/c1-26-18-4-2-3-16(10-18)13-27-23(31)21-11-22(29-14-28-21)24(32)30-20-8-6-17-9-15(12-25)5-7-19(17)20/h2-5,7,9-11,14,20H,6,8,13H2,(H,27,31)(H,30,32)/t20-/m1/s1. The third kappa shape index (κ3) is 4.45. The van der Waals surface area contributed by atoms with E-state index in [-0.39, 0.29) is 24.0 Å². The minimum absolute atomic E-state index is 0.0805. The number of nitrogens with zero attached hydrogens (tertiary/aromatic N) is 4. The summed E-state index contributed by atoms with van der Waals surface area (Å²) in [6.07, 6.45) is 2.70. The summed E-state index contributed by atoms with van der Waals surface area (Å²) in [6, 6.07) is 15.7. The fraction of sp³-hybridized carbons (Fsp3) is 0.167. The lowest BCUT2D eigenvalue weighted by Gasteiger charge is -2.14. The minimum atomic E-state index is -0.440. The van der Waals surface area contributed by atoms with E-state index in [9.17, 15) is 9.59 Å². The van der Waals surface area contributed by atoms with E-state index < -0.39 is 11.8 Å². The average molecular weight is 422 g/mol. The summed E-state index contributed by atoms with van der Waals surface area (Å²) in [5, 5.41) is 14.7. The highest BCUT2D eigenvalue weighted by molar-refractivity contribution is 5.97. The predicted molar refractivity (Wildman–Crippen MR) is 116 cm³/mol. The van der Waals surface area contributed by atoms with Crippen LogP contribution in [0.4, 0.5) is 5.69 Å². The van der Waals surface area contributed by atoms with Crippen molar-refractivity contribution in [3.8, 4) is 6.07 Å². The van der Waals surface area contributed by atoms with Crippen LogP contribution in [0.3, 0.4) is 0 Å². The lowest BCUT2D eigenvalue weighted by atomic mass is 10.1. The van der Waals surface area contributed by atoms with Crippen LogP contribution in [0, 0.1) is 17.9 Å². The molecule has 0 saturated carbocycles. The van der Waals surface area contributed by atoms with Gasteiger partial charge in [0.05, 0.1) is 24.2 Å². The summed E-state index contributed by atoms with van der Waals surface area (Å²) in [5.74, 6) is -0.835. The number of nitriles is 1. The van der Waals surface area contributed by atoms with Gasteiger partial charge in [-0.2, -0.15) is 5.26 Å². The first kappa shape index (κ1) is 20.7. The number of benzene rings is 2. The maximum absolute atomic E-state index is 12.7. The zero-order chi connectivity index (χ0) is 22.5. The van der Waals surface area contributed by atoms with Crippen LogP contribution in [0.2, 0.25) is 0 Å². The first-order chi connectivity index (χ1) is 15.6. The number of fused-ring (bicyclic) bond motifs is 1. The molecule has 1 aliphatic rings. The molecule has 4 rings (SSSR count). The fourth-order valence-electron chi connectivity index (χ4n) is 3.68. The topological polar surface area (TPSA) is 112 Å². The fourth-order valence-corrected chi connectivity index (χ4v) is 3.68. The van der Waals surface area contributed by atoms with Crippen LogP contribution in [-0.2, 0) is 13.0 Å². The van der Waals surface area contributed by atoms with Crippen molar-refractivity contribution in [2.75, 3.05) is 0 Å². The highest BCUT2D eigenvalue weighted by atomic mass is 16.2. The number of carbonyl (C=O) groups excluding carboxylic acids is 2. The van der Waals surface area contributed by atoms with Crippen molar-refractivity contribution in [1.82, 2.24) is 20.6 Å². The van der Waals surface area contributed by atoms with Gasteiger partial charge in [-0.25, -0.2) is 14.8 Å². The lowest BCUT2D eigenvalue weighted by Crippen LogP contribution is -2.29. The highest BCUT2D eigenvalue weighted by Gasteiger charge is 2.25. The number of amides is 2. The second-order valence-electron chi connectivity index (χ2n) is 7.34. The number of hydrogen-bond donors (Lipinski definition) is 2. The van der Waals surface area contributed by atoms with Gasteiger partial charge in [0.2, 0.25) is 0 Å². The predicted octanol–water partition coefficient (Wildman–Crippen LogP) is 3.25. The Labute approximate surface area is 184 Å². The van der Waals surface area contributed by atoms with Crippen LogP contribution in [0.1, 0.15) is 55.7 Å². The number of aryl methyl sites for hydroxylation is 1. The van der Waals surface area contributed by atoms with Crippen molar-refractivity contribution >= 4 is 17.5 Å². The summed E-state index contributed by atoms with van der Waals surface area (Å²) in [4.78, 5) is 36.6. The molecule has 2 amide bonds. The first-order valence-electron chi connectivity index (χ1n) is 9.98. The SMILES string of the molecule is [C-]#[N+]c1cccc(CNC(=O)c2cc(C(=O)N[C@@H]3CCc4cc(C#N)ccc43)ncn2)c1. The number of aromatic nitrogens is 2. The van der Waals surface area contributed by atoms with Crippen molar-refractivity contribution < 1.29 is 9.59 Å². The third-order valence-corrected chi connectivity index (χ3v) is 5.28. The zero-order valence-electron chi connectivity index (χ0n) is 17.0. The zero-order valence-corrected chi connectivity index (χ0v) is 17.0. The largest absolute Gasteiger partial charge is 0.347 e. The Morgan fingerprint density at radius 1 is 1.12 bits per heavy atom. The molecule has 0 saturated heterocycles. The van der Waals surface area contributed by atoms with Crippen molar-refractivity contribution in [1.29, 1.82) is 5.26 Å². The molecular weight excluding hydrogens is 404 g/mol. The molecule has 0 bridgehead atoms. The van der Waals surface area contributed by atoms with Crippen LogP contribution >= 0.6 is 0 Å². The molecule has 2 N–H and O–H groups in total. The molecule has 3 aromatic rings. The maximum atomic E-state index is 12.7. The average Bonchev–Trinajstić information content (AvgIpc) is 3.24. The van der Waals surface area contributed by atoms with Gasteiger partial charge in [-0.15, -0.1) is 0 Å². The first-order valence-corrected chi connectivity index (χ1v) is 9.98. The third-order valence-electron chi connectivity index (χ3n) is 5.28. The molecule has 0 spiro atoms. The lowest BCUT2D eigenvalue weighted by molar-refractivity contribution is 0.0931. The molecule has 1 heterocycles. The number of rotatable bonds is 5. The van der Waals surface area contributed by atoms with Crippen LogP contribution in [0.25, 0.3) is 4.85 Å². The quantitative estimate of drug-likeness (QED) is 0.613. The van der Waals surface area contributed by atoms with E-state index in [0.29, 0.717) is 11.3 Å². The minimum Gasteiger partial charge on any atom is -0.347 e. The van der Waals surface area contributed by atoms with E-state index in [1.165, 1.54) is 12.4 Å². The van der Waals surface area contributed by atoms with E-state index in [1.807, 2.05) is 18.2 Å². The number of hydrogen-bond acceptors (Lipinski definition) is 5. The van der Waals surface area contributed by atoms with Crippen molar-refractivity contribution in [2.45, 2.75) is 25.4 Å². The molecule has 0 unspecified atom stereocenters. The summed E-state index contributed by atoms with van der Waals surface area (Å²) in [6.45, 7) is 7.30. The van der Waals surface area contributed by atoms with Crippen LogP contribution in [0.15, 0.2) is 54.9 Å². The van der Waals surface area contributed by atoms with Gasteiger partial charge in [0.1, 0.15) is 17.7 Å². The van der Waals surface area contributed by atoms with Crippen LogP contribution < -0.4 is 10.6 Å². The monoisotopic (exact) mass is 422 g/mol. The Morgan fingerprint density at radius 2 is 1.94 bits per heavy atom. The molecule has 8 heteroatoms. The van der Waals surface area contributed by atoms with E-state index in [0.717, 1.165) is 29.5 Å².